The van der Waals surface area contributed by atoms with Crippen molar-refractivity contribution >= 4 is 11.9 Å². The van der Waals surface area contributed by atoms with Crippen LogP contribution in [0.5, 0.6) is 0 Å². The van der Waals surface area contributed by atoms with Crippen LogP contribution in [-0.2, 0) is 9.59 Å². The van der Waals surface area contributed by atoms with Gasteiger partial charge >= 0.3 is 5.97 Å². The number of aliphatic carboxylic acids is 1. The number of aliphatic hydroxyl groups excluding tert-OH is 1. The van der Waals surface area contributed by atoms with Gasteiger partial charge < -0.3 is 15.5 Å². The van der Waals surface area contributed by atoms with Crippen molar-refractivity contribution in [1.29, 1.82) is 0 Å². The highest BCUT2D eigenvalue weighted by Gasteiger charge is 2.40. The Bertz CT molecular complexity index is 410. The quantitative estimate of drug-likeness (QED) is 0.415. The summed E-state index contributed by atoms with van der Waals surface area (Å²) >= 11 is 0. The monoisotopic (exact) mass is 327 g/mol. The van der Waals surface area contributed by atoms with E-state index in [0.717, 1.165) is 13.0 Å². The minimum absolute atomic E-state index is 0.0226. The Balaban J connectivity index is 2.88. The van der Waals surface area contributed by atoms with Crippen molar-refractivity contribution in [2.24, 2.45) is 5.92 Å². The molecule has 23 heavy (non-hydrogen) atoms. The van der Waals surface area contributed by atoms with Crippen LogP contribution in [0.4, 0.5) is 0 Å². The number of hydrogen-bond donors (Lipinski definition) is 4. The summed E-state index contributed by atoms with van der Waals surface area (Å²) < 4.78 is 0. The van der Waals surface area contributed by atoms with Gasteiger partial charge in [-0.3, -0.25) is 19.8 Å². The molecule has 1 amide bonds. The van der Waals surface area contributed by atoms with E-state index in [0.29, 0.717) is 19.5 Å². The lowest BCUT2D eigenvalue weighted by Gasteiger charge is -2.33. The van der Waals surface area contributed by atoms with E-state index in [-0.39, 0.29) is 30.5 Å². The maximum absolute atomic E-state index is 11.6. The first-order valence-corrected chi connectivity index (χ1v) is 8.14. The molecule has 0 aromatic heterocycles. The molecule has 1 aliphatic heterocycles. The van der Waals surface area contributed by atoms with Gasteiger partial charge in [0.15, 0.2) is 0 Å². The molecule has 1 rings (SSSR count). The molecule has 1 heterocycles. The van der Waals surface area contributed by atoms with E-state index < -0.39 is 12.0 Å². The second-order valence-electron chi connectivity index (χ2n) is 6.05. The van der Waals surface area contributed by atoms with Crippen LogP contribution in [0.2, 0.25) is 0 Å². The van der Waals surface area contributed by atoms with Crippen LogP contribution in [0.1, 0.15) is 26.7 Å². The molecule has 1 aliphatic rings. The Morgan fingerprint density at radius 2 is 2.17 bits per heavy atom. The third kappa shape index (κ3) is 5.93. The maximum atomic E-state index is 11.6. The fourth-order valence-electron chi connectivity index (χ4n) is 3.21. The molecule has 0 radical (unpaired) electrons. The topological polar surface area (TPSA) is 102 Å². The number of carboxylic acids is 1. The zero-order chi connectivity index (χ0) is 17.4. The third-order valence-corrected chi connectivity index (χ3v) is 4.20. The van der Waals surface area contributed by atoms with Crippen LogP contribution in [0, 0.1) is 5.92 Å². The van der Waals surface area contributed by atoms with E-state index in [1.165, 1.54) is 6.92 Å². The zero-order valence-electron chi connectivity index (χ0n) is 14.0. The number of carbonyl (C=O) groups is 2. The predicted molar refractivity (Wildman–Crippen MR) is 88.1 cm³/mol. The number of carboxylic acid groups (broad SMARTS) is 1. The number of rotatable bonds is 10. The van der Waals surface area contributed by atoms with Gasteiger partial charge in [0.25, 0.3) is 0 Å². The largest absolute Gasteiger partial charge is 0.480 e. The van der Waals surface area contributed by atoms with Crippen LogP contribution in [-0.4, -0.2) is 71.4 Å². The second-order valence-corrected chi connectivity index (χ2v) is 6.05. The normalized spacial score (nSPS) is 25.3. The van der Waals surface area contributed by atoms with Crippen LogP contribution < -0.4 is 10.6 Å². The standard InChI is InChI=1S/C16H29N3O4/c1-4-6-19(7-8-20)10-14(17-11(3)21)15-12(5-2)9-13(18-15)16(22)23/h5,12-15,18,20H,2,4,6-10H2,1,3H3,(H,17,21)(H,22,23)/t12-,13-,14+,15?/m1/s1. The Kier molecular flexibility index (Phi) is 8.22. The molecule has 7 heteroatoms. The van der Waals surface area contributed by atoms with E-state index >= 15 is 0 Å². The van der Waals surface area contributed by atoms with Crippen LogP contribution in [0.25, 0.3) is 0 Å². The molecule has 0 aromatic rings. The number of nitrogens with one attached hydrogen (secondary N) is 2. The van der Waals surface area contributed by atoms with Crippen molar-refractivity contribution in [1.82, 2.24) is 15.5 Å². The van der Waals surface area contributed by atoms with Crippen molar-refractivity contribution in [2.45, 2.75) is 44.8 Å². The number of hydrogen-bond acceptors (Lipinski definition) is 5. The smallest absolute Gasteiger partial charge is 0.320 e. The molecule has 1 saturated heterocycles. The first kappa shape index (κ1) is 19.6. The second kappa shape index (κ2) is 9.64. The van der Waals surface area contributed by atoms with Gasteiger partial charge in [0.1, 0.15) is 6.04 Å². The van der Waals surface area contributed by atoms with Crippen molar-refractivity contribution in [2.75, 3.05) is 26.2 Å². The molecule has 132 valence electrons. The number of nitrogens with zero attached hydrogens (tertiary/aromatic N) is 1. The molecule has 4 N–H and O–H groups in total. The first-order chi connectivity index (χ1) is 10.9. The van der Waals surface area contributed by atoms with Crippen molar-refractivity contribution < 1.29 is 19.8 Å². The maximum Gasteiger partial charge on any atom is 0.320 e. The Hall–Kier alpha value is -1.44. The predicted octanol–water partition coefficient (Wildman–Crippen LogP) is -0.187. The van der Waals surface area contributed by atoms with Gasteiger partial charge in [-0.2, -0.15) is 0 Å². The van der Waals surface area contributed by atoms with Gasteiger partial charge in [0.2, 0.25) is 5.91 Å². The Morgan fingerprint density at radius 1 is 1.48 bits per heavy atom. The summed E-state index contributed by atoms with van der Waals surface area (Å²) in [7, 11) is 0. The van der Waals surface area contributed by atoms with Gasteiger partial charge in [-0.15, -0.1) is 6.58 Å². The van der Waals surface area contributed by atoms with Crippen molar-refractivity contribution in [3.05, 3.63) is 12.7 Å². The van der Waals surface area contributed by atoms with E-state index in [4.69, 9.17) is 0 Å². The number of aliphatic hydroxyl groups is 1. The highest BCUT2D eigenvalue weighted by Crippen LogP contribution is 2.24. The fourth-order valence-corrected chi connectivity index (χ4v) is 3.21. The minimum atomic E-state index is -0.887. The van der Waals surface area contributed by atoms with E-state index in [2.05, 4.69) is 29.0 Å². The molecule has 7 nitrogen and oxygen atoms in total. The van der Waals surface area contributed by atoms with Gasteiger partial charge in [0, 0.05) is 26.1 Å². The molecule has 0 aliphatic carbocycles. The summed E-state index contributed by atoms with van der Waals surface area (Å²) in [5.74, 6) is -1.06. The van der Waals surface area contributed by atoms with Crippen molar-refractivity contribution in [3.63, 3.8) is 0 Å². The van der Waals surface area contributed by atoms with Crippen LogP contribution in [0.15, 0.2) is 12.7 Å². The number of amides is 1. The lowest BCUT2D eigenvalue weighted by Crippen LogP contribution is -2.56. The summed E-state index contributed by atoms with van der Waals surface area (Å²) in [4.78, 5) is 24.9. The molecule has 1 fully saturated rings. The first-order valence-electron chi connectivity index (χ1n) is 8.14. The SMILES string of the molecule is C=C[C@@H]1C[C@H](C(=O)O)NC1[C@H](CN(CCC)CCO)NC(C)=O. The summed E-state index contributed by atoms with van der Waals surface area (Å²) in [5.41, 5.74) is 0. The molecular formula is C16H29N3O4. The Morgan fingerprint density at radius 3 is 2.65 bits per heavy atom. The molecule has 0 aromatic carbocycles. The highest BCUT2D eigenvalue weighted by molar-refractivity contribution is 5.75. The third-order valence-electron chi connectivity index (χ3n) is 4.20. The van der Waals surface area contributed by atoms with Crippen LogP contribution in [0.3, 0.4) is 0 Å². The molecule has 4 atom stereocenters. The fraction of sp³-hybridized carbons (Fsp3) is 0.750. The summed E-state index contributed by atoms with van der Waals surface area (Å²) in [6, 6.07) is -1.05. The van der Waals surface area contributed by atoms with Crippen molar-refractivity contribution in [3.8, 4) is 0 Å². The number of carbonyl (C=O) groups excluding carboxylic acids is 1. The van der Waals surface area contributed by atoms with Gasteiger partial charge in [0.05, 0.1) is 12.6 Å². The van der Waals surface area contributed by atoms with Gasteiger partial charge in [-0.25, -0.2) is 0 Å². The highest BCUT2D eigenvalue weighted by atomic mass is 16.4. The molecule has 0 saturated carbocycles. The van der Waals surface area contributed by atoms with Gasteiger partial charge in [-0.1, -0.05) is 13.0 Å². The van der Waals surface area contributed by atoms with Gasteiger partial charge in [-0.05, 0) is 25.3 Å². The summed E-state index contributed by atoms with van der Waals surface area (Å²) in [5, 5.41) is 24.5. The summed E-state index contributed by atoms with van der Waals surface area (Å²) in [6.07, 6.45) is 3.16. The lowest BCUT2D eigenvalue weighted by molar-refractivity contribution is -0.139. The van der Waals surface area contributed by atoms with E-state index in [1.807, 2.05) is 0 Å². The van der Waals surface area contributed by atoms with E-state index in [9.17, 15) is 19.8 Å². The molecular weight excluding hydrogens is 298 g/mol. The Labute approximate surface area is 137 Å². The van der Waals surface area contributed by atoms with Crippen LogP contribution >= 0.6 is 0 Å². The molecule has 0 bridgehead atoms. The minimum Gasteiger partial charge on any atom is -0.480 e. The van der Waals surface area contributed by atoms with E-state index in [1.54, 1.807) is 6.08 Å². The molecule has 1 unspecified atom stereocenters. The lowest BCUT2D eigenvalue weighted by atomic mass is 9.93. The summed E-state index contributed by atoms with van der Waals surface area (Å²) in [6.45, 7) is 9.25. The zero-order valence-corrected chi connectivity index (χ0v) is 14.0. The molecule has 0 spiro atoms. The average molecular weight is 327 g/mol. The average Bonchev–Trinajstić information content (AvgIpc) is 2.91.